The molecular weight excluding hydrogens is 370 g/mol. The summed E-state index contributed by atoms with van der Waals surface area (Å²) in [6, 6.07) is 9.03. The highest BCUT2D eigenvalue weighted by Gasteiger charge is 2.09. The third kappa shape index (κ3) is 7.83. The SMILES string of the molecule is CC(C)CNc1nnc(SCCC(=O)NC(=O)NCc2ccccc2)s1. The third-order valence-electron chi connectivity index (χ3n) is 3.17. The molecule has 1 aromatic heterocycles. The number of imide groups is 1. The van der Waals surface area contributed by atoms with Gasteiger partial charge in [0.2, 0.25) is 11.0 Å². The number of carbonyl (C=O) groups is 2. The van der Waals surface area contributed by atoms with Gasteiger partial charge in [0.15, 0.2) is 4.34 Å². The second kappa shape index (κ2) is 10.8. The predicted octanol–water partition coefficient (Wildman–Crippen LogP) is 3.11. The highest BCUT2D eigenvalue weighted by atomic mass is 32.2. The zero-order valence-electron chi connectivity index (χ0n) is 14.8. The van der Waals surface area contributed by atoms with Gasteiger partial charge < -0.3 is 10.6 Å². The van der Waals surface area contributed by atoms with E-state index in [0.717, 1.165) is 21.6 Å². The molecule has 7 nitrogen and oxygen atoms in total. The van der Waals surface area contributed by atoms with Crippen LogP contribution in [0.25, 0.3) is 0 Å². The number of thioether (sulfide) groups is 1. The second-order valence-electron chi connectivity index (χ2n) is 5.96. The molecule has 0 aliphatic carbocycles. The number of hydrogen-bond acceptors (Lipinski definition) is 7. The van der Waals surface area contributed by atoms with Crippen LogP contribution in [-0.2, 0) is 11.3 Å². The van der Waals surface area contributed by atoms with Crippen LogP contribution in [0.5, 0.6) is 0 Å². The molecule has 1 heterocycles. The zero-order valence-corrected chi connectivity index (χ0v) is 16.5. The number of benzene rings is 1. The molecular formula is C17H23N5O2S2. The van der Waals surface area contributed by atoms with Gasteiger partial charge in [-0.2, -0.15) is 0 Å². The lowest BCUT2D eigenvalue weighted by Crippen LogP contribution is -2.39. The molecule has 0 aliphatic rings. The monoisotopic (exact) mass is 393 g/mol. The number of amides is 3. The lowest BCUT2D eigenvalue weighted by molar-refractivity contribution is -0.119. The van der Waals surface area contributed by atoms with Gasteiger partial charge in [0.25, 0.3) is 0 Å². The van der Waals surface area contributed by atoms with E-state index in [4.69, 9.17) is 0 Å². The molecule has 0 atom stereocenters. The molecule has 0 bridgehead atoms. The standard InChI is InChI=1S/C17H23N5O2S2/c1-12(2)10-19-16-21-22-17(26-16)25-9-8-14(23)20-15(24)18-11-13-6-4-3-5-7-13/h3-7,12H,8-11H2,1-2H3,(H,19,21)(H2,18,20,23,24). The maximum atomic E-state index is 11.8. The Morgan fingerprint density at radius 1 is 1.19 bits per heavy atom. The molecule has 0 saturated carbocycles. The van der Waals surface area contributed by atoms with Crippen molar-refractivity contribution in [2.75, 3.05) is 17.6 Å². The van der Waals surface area contributed by atoms with Crippen molar-refractivity contribution in [2.45, 2.75) is 31.2 Å². The first-order valence-electron chi connectivity index (χ1n) is 8.34. The molecule has 0 saturated heterocycles. The summed E-state index contributed by atoms with van der Waals surface area (Å²) < 4.78 is 0.803. The van der Waals surface area contributed by atoms with Crippen LogP contribution in [0.15, 0.2) is 34.7 Å². The largest absolute Gasteiger partial charge is 0.360 e. The van der Waals surface area contributed by atoms with Gasteiger partial charge in [0.1, 0.15) is 0 Å². The molecule has 0 radical (unpaired) electrons. The predicted molar refractivity (Wildman–Crippen MR) is 105 cm³/mol. The quantitative estimate of drug-likeness (QED) is 0.567. The van der Waals surface area contributed by atoms with Crippen LogP contribution < -0.4 is 16.0 Å². The summed E-state index contributed by atoms with van der Waals surface area (Å²) in [4.78, 5) is 23.5. The van der Waals surface area contributed by atoms with E-state index in [1.165, 1.54) is 23.1 Å². The van der Waals surface area contributed by atoms with E-state index < -0.39 is 6.03 Å². The highest BCUT2D eigenvalue weighted by Crippen LogP contribution is 2.25. The van der Waals surface area contributed by atoms with Gasteiger partial charge in [0, 0.05) is 25.3 Å². The number of aromatic nitrogens is 2. The number of anilines is 1. The number of carbonyl (C=O) groups excluding carboxylic acids is 2. The first-order chi connectivity index (χ1) is 12.5. The Kier molecular flexibility index (Phi) is 8.36. The van der Waals surface area contributed by atoms with Crippen molar-refractivity contribution >= 4 is 40.2 Å². The minimum Gasteiger partial charge on any atom is -0.360 e. The van der Waals surface area contributed by atoms with E-state index in [9.17, 15) is 9.59 Å². The number of urea groups is 1. The van der Waals surface area contributed by atoms with Gasteiger partial charge in [-0.3, -0.25) is 10.1 Å². The van der Waals surface area contributed by atoms with Crippen molar-refractivity contribution in [3.63, 3.8) is 0 Å². The molecule has 3 amide bonds. The second-order valence-corrected chi connectivity index (χ2v) is 8.28. The number of nitrogens with one attached hydrogen (secondary N) is 3. The fourth-order valence-electron chi connectivity index (χ4n) is 1.87. The highest BCUT2D eigenvalue weighted by molar-refractivity contribution is 8.01. The molecule has 0 unspecified atom stereocenters. The zero-order chi connectivity index (χ0) is 18.8. The van der Waals surface area contributed by atoms with Crippen LogP contribution in [0.4, 0.5) is 9.93 Å². The van der Waals surface area contributed by atoms with Crippen molar-refractivity contribution in [2.24, 2.45) is 5.92 Å². The molecule has 2 aromatic rings. The van der Waals surface area contributed by atoms with Crippen LogP contribution in [0.2, 0.25) is 0 Å². The van der Waals surface area contributed by atoms with Crippen LogP contribution in [0.1, 0.15) is 25.8 Å². The Balaban J connectivity index is 1.61. The van der Waals surface area contributed by atoms with Crippen LogP contribution >= 0.6 is 23.1 Å². The summed E-state index contributed by atoms with van der Waals surface area (Å²) in [5.74, 6) is 0.758. The first kappa shape index (κ1) is 20.2. The Hall–Kier alpha value is -2.13. The molecule has 140 valence electrons. The summed E-state index contributed by atoms with van der Waals surface area (Å²) in [7, 11) is 0. The average Bonchev–Trinajstić information content (AvgIpc) is 3.07. The van der Waals surface area contributed by atoms with Crippen LogP contribution in [-0.4, -0.2) is 34.4 Å². The topological polar surface area (TPSA) is 96.0 Å². The van der Waals surface area contributed by atoms with Crippen molar-refractivity contribution in [1.29, 1.82) is 0 Å². The molecule has 1 aromatic carbocycles. The van der Waals surface area contributed by atoms with Crippen LogP contribution in [0.3, 0.4) is 0 Å². The Morgan fingerprint density at radius 3 is 2.69 bits per heavy atom. The molecule has 0 aliphatic heterocycles. The van der Waals surface area contributed by atoms with E-state index in [0.29, 0.717) is 18.2 Å². The van der Waals surface area contributed by atoms with Crippen molar-refractivity contribution in [1.82, 2.24) is 20.8 Å². The van der Waals surface area contributed by atoms with E-state index >= 15 is 0 Å². The van der Waals surface area contributed by atoms with Crippen LogP contribution in [0, 0.1) is 5.92 Å². The van der Waals surface area contributed by atoms with E-state index in [1.54, 1.807) is 0 Å². The molecule has 9 heteroatoms. The Labute approximate surface area is 161 Å². The van der Waals surface area contributed by atoms with Gasteiger partial charge in [-0.1, -0.05) is 67.3 Å². The Morgan fingerprint density at radius 2 is 1.96 bits per heavy atom. The van der Waals surface area contributed by atoms with Gasteiger partial charge in [-0.05, 0) is 11.5 Å². The molecule has 0 spiro atoms. The molecule has 3 N–H and O–H groups in total. The lowest BCUT2D eigenvalue weighted by Gasteiger charge is -2.06. The smallest absolute Gasteiger partial charge is 0.321 e. The van der Waals surface area contributed by atoms with Gasteiger partial charge in [-0.15, -0.1) is 10.2 Å². The van der Waals surface area contributed by atoms with E-state index in [2.05, 4.69) is 40.0 Å². The van der Waals surface area contributed by atoms with Gasteiger partial charge in [0.05, 0.1) is 0 Å². The summed E-state index contributed by atoms with van der Waals surface area (Å²) in [6.45, 7) is 5.47. The van der Waals surface area contributed by atoms with Crippen molar-refractivity contribution in [3.8, 4) is 0 Å². The number of rotatable bonds is 9. The molecule has 0 fully saturated rings. The minimum absolute atomic E-state index is 0.234. The fraction of sp³-hybridized carbons (Fsp3) is 0.412. The van der Waals surface area contributed by atoms with Crippen molar-refractivity contribution in [3.05, 3.63) is 35.9 Å². The minimum atomic E-state index is -0.486. The average molecular weight is 394 g/mol. The van der Waals surface area contributed by atoms with E-state index in [1.807, 2.05) is 30.3 Å². The fourth-order valence-corrected chi connectivity index (χ4v) is 3.64. The molecule has 26 heavy (non-hydrogen) atoms. The summed E-state index contributed by atoms with van der Waals surface area (Å²) in [5.41, 5.74) is 0.976. The maximum absolute atomic E-state index is 11.8. The summed E-state index contributed by atoms with van der Waals surface area (Å²) >= 11 is 2.92. The lowest BCUT2D eigenvalue weighted by atomic mass is 10.2. The van der Waals surface area contributed by atoms with Gasteiger partial charge in [-0.25, -0.2) is 4.79 Å². The maximum Gasteiger partial charge on any atom is 0.321 e. The number of nitrogens with zero attached hydrogens (tertiary/aromatic N) is 2. The van der Waals surface area contributed by atoms with Gasteiger partial charge >= 0.3 is 6.03 Å². The Bertz CT molecular complexity index is 706. The number of hydrogen-bond donors (Lipinski definition) is 3. The summed E-state index contributed by atoms with van der Waals surface area (Å²) in [5, 5.41) is 17.1. The first-order valence-corrected chi connectivity index (χ1v) is 10.1. The molecule has 2 rings (SSSR count). The normalized spacial score (nSPS) is 10.6. The third-order valence-corrected chi connectivity index (χ3v) is 5.19. The van der Waals surface area contributed by atoms with Crippen molar-refractivity contribution < 1.29 is 9.59 Å². The summed E-state index contributed by atoms with van der Waals surface area (Å²) in [6.07, 6.45) is 0.234. The van der Waals surface area contributed by atoms with E-state index in [-0.39, 0.29) is 12.3 Å².